The molecule has 0 radical (unpaired) electrons. The van der Waals surface area contributed by atoms with Crippen LogP contribution < -0.4 is 0 Å². The van der Waals surface area contributed by atoms with Gasteiger partial charge in [0.15, 0.2) is 5.78 Å². The van der Waals surface area contributed by atoms with Crippen LogP contribution in [0.2, 0.25) is 0 Å². The molecule has 0 spiro atoms. The van der Waals surface area contributed by atoms with E-state index in [4.69, 9.17) is 0 Å². The van der Waals surface area contributed by atoms with Gasteiger partial charge in [-0.2, -0.15) is 0 Å². The molecule has 1 aromatic rings. The number of ketones is 1. The van der Waals surface area contributed by atoms with Crippen molar-refractivity contribution < 1.29 is 4.79 Å². The predicted octanol–water partition coefficient (Wildman–Crippen LogP) is 1.51. The number of aromatic nitrogens is 2. The fraction of sp³-hybridized carbons (Fsp3) is 0.500. The van der Waals surface area contributed by atoms with E-state index in [1.807, 2.05) is 32.8 Å². The summed E-state index contributed by atoms with van der Waals surface area (Å²) in [6, 6.07) is 0. The highest BCUT2D eigenvalue weighted by molar-refractivity contribution is 6.17. The highest BCUT2D eigenvalue weighted by atomic mass is 16.1. The lowest BCUT2D eigenvalue weighted by Crippen LogP contribution is -2.36. The molecule has 0 aliphatic carbocycles. The normalized spacial score (nSPS) is 11.8. The molecule has 1 rings (SSSR count). The highest BCUT2D eigenvalue weighted by Gasteiger charge is 2.30. The molecule has 4 heteroatoms. The van der Waals surface area contributed by atoms with Crippen molar-refractivity contribution in [3.63, 3.8) is 0 Å². The van der Waals surface area contributed by atoms with Crippen LogP contribution in [0.1, 0.15) is 13.8 Å². The van der Waals surface area contributed by atoms with E-state index in [0.29, 0.717) is 12.2 Å². The topological polar surface area (TPSA) is 38.1 Å². The van der Waals surface area contributed by atoms with Crippen molar-refractivity contribution in [3.05, 3.63) is 25.3 Å². The van der Waals surface area contributed by atoms with Crippen LogP contribution in [0.3, 0.4) is 0 Å². The fourth-order valence-electron chi connectivity index (χ4n) is 1.79. The van der Waals surface area contributed by atoms with E-state index in [0.717, 1.165) is 0 Å². The largest absolute Gasteiger partial charge is 0.308 e. The van der Waals surface area contributed by atoms with Crippen LogP contribution in [0.5, 0.6) is 0 Å². The summed E-state index contributed by atoms with van der Waals surface area (Å²) in [5.41, 5.74) is 0.0227. The maximum absolute atomic E-state index is 12.2. The Morgan fingerprint density at radius 2 is 2.12 bits per heavy atom. The van der Waals surface area contributed by atoms with Gasteiger partial charge in [-0.1, -0.05) is 20.4 Å². The molecule has 0 amide bonds. The van der Waals surface area contributed by atoms with E-state index >= 15 is 0 Å². The third-order valence-electron chi connectivity index (χ3n) is 2.40. The quantitative estimate of drug-likeness (QED) is 0.707. The van der Waals surface area contributed by atoms with Crippen molar-refractivity contribution in [1.29, 1.82) is 0 Å². The summed E-state index contributed by atoms with van der Waals surface area (Å²) in [6.07, 6.45) is 4.95. The van der Waals surface area contributed by atoms with E-state index < -0.39 is 5.41 Å². The molecule has 0 aliphatic heterocycles. The van der Waals surface area contributed by atoms with Crippen molar-refractivity contribution in [1.82, 2.24) is 14.5 Å². The molecule has 0 unspecified atom stereocenters. The van der Waals surface area contributed by atoms with Crippen molar-refractivity contribution >= 4 is 11.5 Å². The first-order valence-corrected chi connectivity index (χ1v) is 5.21. The van der Waals surface area contributed by atoms with Crippen molar-refractivity contribution in [2.45, 2.75) is 13.8 Å². The number of carbonyl (C=O) groups is 1. The number of nitrogens with zero attached hydrogens (tertiary/aromatic N) is 3. The van der Waals surface area contributed by atoms with Crippen LogP contribution in [-0.2, 0) is 4.79 Å². The average Bonchev–Trinajstić information content (AvgIpc) is 2.66. The Morgan fingerprint density at radius 3 is 2.56 bits per heavy atom. The second kappa shape index (κ2) is 4.61. The summed E-state index contributed by atoms with van der Waals surface area (Å²) in [6.45, 7) is 8.38. The summed E-state index contributed by atoms with van der Waals surface area (Å²) in [5.74, 6) is 0.0409. The number of imidazole rings is 1. The van der Waals surface area contributed by atoms with Crippen LogP contribution in [0, 0.1) is 5.41 Å². The highest BCUT2D eigenvalue weighted by Crippen LogP contribution is 2.23. The van der Waals surface area contributed by atoms with Gasteiger partial charge in [0.1, 0.15) is 0 Å². The standard InChI is InChI=1S/C12H19N3O/c1-10(15-7-6-13-9-15)11(16)12(2,3)8-14(4)5/h6-7,9H,1,8H2,2-5H3. The molecule has 16 heavy (non-hydrogen) atoms. The predicted molar refractivity (Wildman–Crippen MR) is 64.9 cm³/mol. The van der Waals surface area contributed by atoms with Gasteiger partial charge in [0.25, 0.3) is 0 Å². The van der Waals surface area contributed by atoms with Crippen LogP contribution in [0.25, 0.3) is 5.70 Å². The second-order valence-electron chi connectivity index (χ2n) is 4.87. The van der Waals surface area contributed by atoms with E-state index in [2.05, 4.69) is 11.6 Å². The number of rotatable bonds is 5. The van der Waals surface area contributed by atoms with Gasteiger partial charge in [0, 0.05) is 24.4 Å². The molecular formula is C12H19N3O. The number of carbonyl (C=O) groups excluding carboxylic acids is 1. The third kappa shape index (κ3) is 2.79. The maximum Gasteiger partial charge on any atom is 0.185 e. The fourth-order valence-corrected chi connectivity index (χ4v) is 1.79. The minimum absolute atomic E-state index is 0.0409. The lowest BCUT2D eigenvalue weighted by Gasteiger charge is -2.27. The zero-order valence-electron chi connectivity index (χ0n) is 10.4. The Bertz CT molecular complexity index is 377. The molecule has 0 N–H and O–H groups in total. The molecular weight excluding hydrogens is 202 g/mol. The van der Waals surface area contributed by atoms with Gasteiger partial charge >= 0.3 is 0 Å². The SMILES string of the molecule is C=C(C(=O)C(C)(C)CN(C)C)n1ccnc1. The lowest BCUT2D eigenvalue weighted by molar-refractivity contribution is -0.122. The minimum atomic E-state index is -0.440. The van der Waals surface area contributed by atoms with E-state index in [1.54, 1.807) is 23.3 Å². The number of hydrogen-bond donors (Lipinski definition) is 0. The summed E-state index contributed by atoms with van der Waals surface area (Å²) in [7, 11) is 3.91. The van der Waals surface area contributed by atoms with Crippen LogP contribution >= 0.6 is 0 Å². The summed E-state index contributed by atoms with van der Waals surface area (Å²) in [4.78, 5) is 18.1. The summed E-state index contributed by atoms with van der Waals surface area (Å²) in [5, 5.41) is 0. The summed E-state index contributed by atoms with van der Waals surface area (Å²) < 4.78 is 1.65. The average molecular weight is 221 g/mol. The maximum atomic E-state index is 12.2. The third-order valence-corrected chi connectivity index (χ3v) is 2.40. The number of Topliss-reactive ketones (excluding diaryl/α,β-unsaturated/α-hetero) is 1. The van der Waals surface area contributed by atoms with Crippen molar-refractivity contribution in [3.8, 4) is 0 Å². The Kier molecular flexibility index (Phi) is 3.65. The molecule has 1 aromatic heterocycles. The Labute approximate surface area is 96.6 Å². The van der Waals surface area contributed by atoms with Crippen LogP contribution in [0.4, 0.5) is 0 Å². The molecule has 0 aromatic carbocycles. The second-order valence-corrected chi connectivity index (χ2v) is 4.87. The molecule has 4 nitrogen and oxygen atoms in total. The van der Waals surface area contributed by atoms with Crippen molar-refractivity contribution in [2.75, 3.05) is 20.6 Å². The monoisotopic (exact) mass is 221 g/mol. The lowest BCUT2D eigenvalue weighted by atomic mass is 9.86. The Hall–Kier alpha value is -1.42. The number of allylic oxidation sites excluding steroid dienone is 1. The Morgan fingerprint density at radius 1 is 1.50 bits per heavy atom. The summed E-state index contributed by atoms with van der Waals surface area (Å²) >= 11 is 0. The van der Waals surface area contributed by atoms with Gasteiger partial charge in [0.05, 0.1) is 12.0 Å². The number of hydrogen-bond acceptors (Lipinski definition) is 3. The zero-order chi connectivity index (χ0) is 12.3. The van der Waals surface area contributed by atoms with E-state index in [9.17, 15) is 4.79 Å². The van der Waals surface area contributed by atoms with Crippen LogP contribution in [-0.4, -0.2) is 40.9 Å². The molecule has 0 bridgehead atoms. The van der Waals surface area contributed by atoms with Crippen LogP contribution in [0.15, 0.2) is 25.3 Å². The smallest absolute Gasteiger partial charge is 0.185 e. The first-order chi connectivity index (χ1) is 7.34. The van der Waals surface area contributed by atoms with Gasteiger partial charge in [-0.3, -0.25) is 4.79 Å². The zero-order valence-corrected chi connectivity index (χ0v) is 10.4. The minimum Gasteiger partial charge on any atom is -0.308 e. The molecule has 0 saturated heterocycles. The van der Waals surface area contributed by atoms with Gasteiger partial charge in [-0.25, -0.2) is 4.98 Å². The Balaban J connectivity index is 2.82. The molecule has 1 heterocycles. The first-order valence-electron chi connectivity index (χ1n) is 5.21. The molecule has 0 atom stereocenters. The van der Waals surface area contributed by atoms with Gasteiger partial charge in [-0.05, 0) is 14.1 Å². The van der Waals surface area contributed by atoms with E-state index in [-0.39, 0.29) is 5.78 Å². The molecule has 0 fully saturated rings. The van der Waals surface area contributed by atoms with Gasteiger partial charge < -0.3 is 9.47 Å². The van der Waals surface area contributed by atoms with Gasteiger partial charge in [0.2, 0.25) is 0 Å². The van der Waals surface area contributed by atoms with Crippen molar-refractivity contribution in [2.24, 2.45) is 5.41 Å². The van der Waals surface area contributed by atoms with E-state index in [1.165, 1.54) is 0 Å². The molecule has 0 aliphatic rings. The first kappa shape index (κ1) is 12.6. The molecule has 88 valence electrons. The van der Waals surface area contributed by atoms with Gasteiger partial charge in [-0.15, -0.1) is 0 Å². The molecule has 0 saturated carbocycles.